The number of phenolic OH excluding ortho intramolecular Hbond substituents is 1. The average Bonchev–Trinajstić information content (AvgIpc) is 3.16. The van der Waals surface area contributed by atoms with Gasteiger partial charge in [0.05, 0.1) is 16.8 Å². The molecule has 3 rings (SSSR count). The smallest absolute Gasteiger partial charge is 0.259 e. The Labute approximate surface area is 173 Å². The second kappa shape index (κ2) is 9.31. The summed E-state index contributed by atoms with van der Waals surface area (Å²) in [6, 6.07) is 11.9. The third-order valence-corrected chi connectivity index (χ3v) is 4.75. The first-order chi connectivity index (χ1) is 13.9. The zero-order valence-corrected chi connectivity index (χ0v) is 17.0. The van der Waals surface area contributed by atoms with Crippen LogP contribution in [0.1, 0.15) is 28.5 Å². The number of hydrogen-bond acceptors (Lipinski definition) is 6. The Hall–Kier alpha value is -3.23. The van der Waals surface area contributed by atoms with Gasteiger partial charge in [0.1, 0.15) is 5.75 Å². The predicted molar refractivity (Wildman–Crippen MR) is 114 cm³/mol. The molecule has 1 aromatic heterocycles. The number of thiazole rings is 1. The van der Waals surface area contributed by atoms with E-state index in [9.17, 15) is 14.7 Å². The predicted octanol–water partition coefficient (Wildman–Crippen LogP) is 3.69. The van der Waals surface area contributed by atoms with E-state index >= 15 is 0 Å². The summed E-state index contributed by atoms with van der Waals surface area (Å²) in [4.78, 5) is 30.3. The average molecular weight is 410 g/mol. The van der Waals surface area contributed by atoms with E-state index in [0.717, 1.165) is 17.8 Å². The second-order valence-corrected chi connectivity index (χ2v) is 7.44. The van der Waals surface area contributed by atoms with E-state index in [-0.39, 0.29) is 17.2 Å². The largest absolute Gasteiger partial charge is 0.507 e. The molecule has 0 radical (unpaired) electrons. The summed E-state index contributed by atoms with van der Waals surface area (Å²) in [5, 5.41) is 17.4. The van der Waals surface area contributed by atoms with Gasteiger partial charge >= 0.3 is 0 Å². The molecule has 8 heteroatoms. The third kappa shape index (κ3) is 5.87. The van der Waals surface area contributed by atoms with Crippen molar-refractivity contribution in [2.75, 3.05) is 17.7 Å². The Morgan fingerprint density at radius 1 is 1.10 bits per heavy atom. The number of benzene rings is 2. The molecule has 7 nitrogen and oxygen atoms in total. The van der Waals surface area contributed by atoms with E-state index in [0.29, 0.717) is 17.9 Å². The van der Waals surface area contributed by atoms with Crippen molar-refractivity contribution in [1.29, 1.82) is 0 Å². The molecule has 0 saturated heterocycles. The molecular formula is C21H22N4O3S. The highest BCUT2D eigenvalue weighted by atomic mass is 32.1. The SMILES string of the molecule is CC(=O)Nc1ccc(O)c(C(=O)Nc2cccc(CN(C)Cc3cscn3)c2)c1. The van der Waals surface area contributed by atoms with Crippen LogP contribution in [0.5, 0.6) is 5.75 Å². The van der Waals surface area contributed by atoms with Gasteiger partial charge in [0.2, 0.25) is 5.91 Å². The van der Waals surface area contributed by atoms with Gasteiger partial charge in [-0.1, -0.05) is 12.1 Å². The van der Waals surface area contributed by atoms with Crippen LogP contribution in [-0.2, 0) is 17.9 Å². The maximum absolute atomic E-state index is 12.6. The van der Waals surface area contributed by atoms with Gasteiger partial charge in [-0.25, -0.2) is 4.98 Å². The van der Waals surface area contributed by atoms with Crippen molar-refractivity contribution in [3.05, 3.63) is 70.2 Å². The molecule has 3 N–H and O–H groups in total. The number of phenols is 1. The molecule has 3 aromatic rings. The Morgan fingerprint density at radius 2 is 1.90 bits per heavy atom. The number of aromatic nitrogens is 1. The number of carbonyl (C=O) groups excluding carboxylic acids is 2. The van der Waals surface area contributed by atoms with Crippen molar-refractivity contribution in [3.8, 4) is 5.75 Å². The zero-order chi connectivity index (χ0) is 20.8. The van der Waals surface area contributed by atoms with Gasteiger partial charge in [0.15, 0.2) is 0 Å². The Morgan fingerprint density at radius 3 is 2.62 bits per heavy atom. The van der Waals surface area contributed by atoms with Crippen LogP contribution in [0.25, 0.3) is 0 Å². The van der Waals surface area contributed by atoms with E-state index < -0.39 is 5.91 Å². The third-order valence-electron chi connectivity index (χ3n) is 4.11. The molecule has 1 heterocycles. The number of carbonyl (C=O) groups is 2. The van der Waals surface area contributed by atoms with Crippen LogP contribution in [-0.4, -0.2) is 33.9 Å². The summed E-state index contributed by atoms with van der Waals surface area (Å²) in [6.07, 6.45) is 0. The summed E-state index contributed by atoms with van der Waals surface area (Å²) in [5.74, 6) is -0.866. The van der Waals surface area contributed by atoms with Crippen LogP contribution < -0.4 is 10.6 Å². The van der Waals surface area contributed by atoms with Gasteiger partial charge in [-0.3, -0.25) is 14.5 Å². The lowest BCUT2D eigenvalue weighted by atomic mass is 10.1. The Bertz CT molecular complexity index is 1000. The van der Waals surface area contributed by atoms with Crippen LogP contribution in [0.15, 0.2) is 53.4 Å². The monoisotopic (exact) mass is 410 g/mol. The highest BCUT2D eigenvalue weighted by molar-refractivity contribution is 7.07. The first-order valence-corrected chi connectivity index (χ1v) is 9.91. The highest BCUT2D eigenvalue weighted by Crippen LogP contribution is 2.23. The molecular weight excluding hydrogens is 388 g/mol. The van der Waals surface area contributed by atoms with Crippen LogP contribution >= 0.6 is 11.3 Å². The molecule has 0 bridgehead atoms. The number of nitrogens with zero attached hydrogens (tertiary/aromatic N) is 2. The molecule has 2 amide bonds. The van der Waals surface area contributed by atoms with Gasteiger partial charge < -0.3 is 15.7 Å². The van der Waals surface area contributed by atoms with E-state index in [4.69, 9.17) is 0 Å². The summed E-state index contributed by atoms with van der Waals surface area (Å²) in [5.41, 5.74) is 5.03. The van der Waals surface area contributed by atoms with Crippen molar-refractivity contribution < 1.29 is 14.7 Å². The number of amides is 2. The molecule has 150 valence electrons. The fourth-order valence-corrected chi connectivity index (χ4v) is 3.45. The summed E-state index contributed by atoms with van der Waals surface area (Å²) in [6.45, 7) is 2.82. The molecule has 0 aliphatic carbocycles. The second-order valence-electron chi connectivity index (χ2n) is 6.72. The minimum atomic E-state index is -0.456. The minimum absolute atomic E-state index is 0.0855. The van der Waals surface area contributed by atoms with Crippen LogP contribution in [0.3, 0.4) is 0 Å². The van der Waals surface area contributed by atoms with Gasteiger partial charge in [0, 0.05) is 36.8 Å². The lowest BCUT2D eigenvalue weighted by molar-refractivity contribution is -0.114. The highest BCUT2D eigenvalue weighted by Gasteiger charge is 2.13. The maximum atomic E-state index is 12.6. The van der Waals surface area contributed by atoms with E-state index in [2.05, 4.69) is 20.5 Å². The number of anilines is 2. The summed E-state index contributed by atoms with van der Waals surface area (Å²) >= 11 is 1.57. The first-order valence-electron chi connectivity index (χ1n) is 8.97. The van der Waals surface area contributed by atoms with Crippen molar-refractivity contribution in [3.63, 3.8) is 0 Å². The molecule has 0 saturated carbocycles. The quantitative estimate of drug-likeness (QED) is 0.517. The van der Waals surface area contributed by atoms with Crippen molar-refractivity contribution in [1.82, 2.24) is 9.88 Å². The van der Waals surface area contributed by atoms with Gasteiger partial charge in [-0.2, -0.15) is 0 Å². The molecule has 0 aliphatic rings. The van der Waals surface area contributed by atoms with Crippen LogP contribution in [0.4, 0.5) is 11.4 Å². The van der Waals surface area contributed by atoms with Crippen molar-refractivity contribution in [2.45, 2.75) is 20.0 Å². The fourth-order valence-electron chi connectivity index (χ4n) is 2.90. The topological polar surface area (TPSA) is 94.6 Å². The molecule has 0 atom stereocenters. The zero-order valence-electron chi connectivity index (χ0n) is 16.2. The van der Waals surface area contributed by atoms with E-state index in [1.807, 2.05) is 36.1 Å². The fraction of sp³-hybridized carbons (Fsp3) is 0.190. The van der Waals surface area contributed by atoms with Crippen LogP contribution in [0.2, 0.25) is 0 Å². The Balaban J connectivity index is 1.68. The number of rotatable bonds is 7. The number of aromatic hydroxyl groups is 1. The summed E-state index contributed by atoms with van der Waals surface area (Å²) < 4.78 is 0. The lowest BCUT2D eigenvalue weighted by Crippen LogP contribution is -2.18. The van der Waals surface area contributed by atoms with E-state index in [1.165, 1.54) is 25.1 Å². The van der Waals surface area contributed by atoms with Gasteiger partial charge in [-0.15, -0.1) is 11.3 Å². The molecule has 2 aromatic carbocycles. The lowest BCUT2D eigenvalue weighted by Gasteiger charge is -2.16. The van der Waals surface area contributed by atoms with E-state index in [1.54, 1.807) is 17.4 Å². The van der Waals surface area contributed by atoms with Gasteiger partial charge in [-0.05, 0) is 42.9 Å². The number of nitrogens with one attached hydrogen (secondary N) is 2. The van der Waals surface area contributed by atoms with Crippen molar-refractivity contribution in [2.24, 2.45) is 0 Å². The van der Waals surface area contributed by atoms with Gasteiger partial charge in [0.25, 0.3) is 5.91 Å². The molecule has 29 heavy (non-hydrogen) atoms. The van der Waals surface area contributed by atoms with Crippen molar-refractivity contribution >= 4 is 34.5 Å². The molecule has 0 spiro atoms. The Kier molecular flexibility index (Phi) is 6.58. The standard InChI is InChI=1S/C21H22N4O3S/c1-14(26)23-17-6-7-20(27)19(9-17)21(28)24-16-5-3-4-15(8-16)10-25(2)11-18-12-29-13-22-18/h3-9,12-13,27H,10-11H2,1-2H3,(H,23,26)(H,24,28). The molecule has 0 aliphatic heterocycles. The normalized spacial score (nSPS) is 10.7. The summed E-state index contributed by atoms with van der Waals surface area (Å²) in [7, 11) is 2.01. The molecule has 0 fully saturated rings. The minimum Gasteiger partial charge on any atom is -0.507 e. The maximum Gasteiger partial charge on any atom is 0.259 e. The van der Waals surface area contributed by atoms with Crippen LogP contribution in [0, 0.1) is 0 Å². The molecule has 0 unspecified atom stereocenters. The number of hydrogen-bond donors (Lipinski definition) is 3. The first kappa shape index (κ1) is 20.5.